The molecule has 2 aromatic carbocycles. The van der Waals surface area contributed by atoms with Gasteiger partial charge in [-0.05, 0) is 23.3 Å². The maximum atomic E-state index is 4.54. The number of rotatable bonds is 7. The van der Waals surface area contributed by atoms with Crippen LogP contribution in [-0.4, -0.2) is 35.5 Å². The molecule has 2 aromatic rings. The zero-order chi connectivity index (χ0) is 17.9. The van der Waals surface area contributed by atoms with Gasteiger partial charge in [-0.2, -0.15) is 0 Å². The van der Waals surface area contributed by atoms with E-state index in [2.05, 4.69) is 24.3 Å². The summed E-state index contributed by atoms with van der Waals surface area (Å²) in [6.45, 7) is 11.7. The summed E-state index contributed by atoms with van der Waals surface area (Å²) in [4.78, 5) is 2.09. The number of thioether (sulfide) groups is 1. The van der Waals surface area contributed by atoms with Crippen molar-refractivity contribution in [1.82, 2.24) is 0 Å². The maximum absolute atomic E-state index is 4.54. The monoisotopic (exact) mass is 360 g/mol. The molecule has 6 heteroatoms. The highest BCUT2D eigenvalue weighted by molar-refractivity contribution is 7.98. The van der Waals surface area contributed by atoms with Gasteiger partial charge >= 0.3 is 0 Å². The van der Waals surface area contributed by atoms with E-state index in [1.807, 2.05) is 68.6 Å². The molecule has 4 nitrogen and oxygen atoms in total. The van der Waals surface area contributed by atoms with Crippen molar-refractivity contribution < 1.29 is 8.77 Å². The van der Waals surface area contributed by atoms with E-state index >= 15 is 0 Å². The predicted octanol–water partition coefficient (Wildman–Crippen LogP) is 6.04. The molecule has 0 N–H and O–H groups in total. The van der Waals surface area contributed by atoms with Crippen LogP contribution in [0.3, 0.4) is 0 Å². The third-order valence-corrected chi connectivity index (χ3v) is 4.27. The molecule has 0 atom stereocenters. The first-order chi connectivity index (χ1) is 11.6. The molecule has 128 valence electrons. The van der Waals surface area contributed by atoms with Gasteiger partial charge in [0.25, 0.3) is 0 Å². The van der Waals surface area contributed by atoms with Crippen molar-refractivity contribution in [3.63, 3.8) is 0 Å². The van der Waals surface area contributed by atoms with Crippen molar-refractivity contribution in [2.45, 2.75) is 23.6 Å². The van der Waals surface area contributed by atoms with Gasteiger partial charge in [-0.3, -0.25) is 4.68 Å². The van der Waals surface area contributed by atoms with Crippen LogP contribution in [0.25, 0.3) is 10.9 Å². The molecular weight excluding hydrogens is 336 g/mol. The van der Waals surface area contributed by atoms with Crippen molar-refractivity contribution in [1.29, 1.82) is 0 Å². The van der Waals surface area contributed by atoms with Crippen LogP contribution in [0.2, 0.25) is 0 Å². The van der Waals surface area contributed by atoms with Gasteiger partial charge in [0.15, 0.2) is 11.9 Å². The molecule has 0 aromatic heterocycles. The fraction of sp³-hybridized carbons (Fsp3) is 0.222. The molecule has 0 unspecified atom stereocenters. The molecule has 0 heterocycles. The Balaban J connectivity index is 0.00000139. The second kappa shape index (κ2) is 10.8. The van der Waals surface area contributed by atoms with Gasteiger partial charge in [0, 0.05) is 0 Å². The highest BCUT2D eigenvalue weighted by atomic mass is 32.2. The summed E-state index contributed by atoms with van der Waals surface area (Å²) >= 11 is 3.09. The van der Waals surface area contributed by atoms with Crippen LogP contribution in [0.15, 0.2) is 58.3 Å². The van der Waals surface area contributed by atoms with Gasteiger partial charge in [-0.1, -0.05) is 61.6 Å². The van der Waals surface area contributed by atoms with E-state index in [9.17, 15) is 0 Å². The zero-order valence-electron chi connectivity index (χ0n) is 14.6. The minimum absolute atomic E-state index is 0.840. The lowest BCUT2D eigenvalue weighted by Crippen LogP contribution is -1.95. The fourth-order valence-corrected chi connectivity index (χ4v) is 3.00. The van der Waals surface area contributed by atoms with Crippen molar-refractivity contribution in [2.75, 3.05) is 13.3 Å². The average Bonchev–Trinajstić information content (AvgIpc) is 2.58. The van der Waals surface area contributed by atoms with Crippen LogP contribution in [0.5, 0.6) is 0 Å². The molecule has 0 fully saturated rings. The lowest BCUT2D eigenvalue weighted by molar-refractivity contribution is -0.428. The van der Waals surface area contributed by atoms with Crippen molar-refractivity contribution in [2.24, 2.45) is 0 Å². The molecule has 0 aliphatic rings. The third kappa shape index (κ3) is 6.29. The Morgan fingerprint density at radius 2 is 1.33 bits per heavy atom. The summed E-state index contributed by atoms with van der Waals surface area (Å²) in [6, 6.07) is 15.8. The van der Waals surface area contributed by atoms with Crippen molar-refractivity contribution in [3.8, 4) is 0 Å². The zero-order valence-corrected chi connectivity index (χ0v) is 16.3. The second-order valence-corrected chi connectivity index (χ2v) is 6.33. The SMILES string of the molecule is C=[N+](C)[N-]c1ccccc1S[N+](=C)[N-]c1ccccc1SC.CC. The van der Waals surface area contributed by atoms with E-state index in [4.69, 9.17) is 0 Å². The predicted molar refractivity (Wildman–Crippen MR) is 109 cm³/mol. The Morgan fingerprint density at radius 1 is 0.833 bits per heavy atom. The molecule has 0 bridgehead atoms. The largest absolute Gasteiger partial charge is 0.410 e. The van der Waals surface area contributed by atoms with E-state index in [1.54, 1.807) is 22.9 Å². The summed E-state index contributed by atoms with van der Waals surface area (Å²) in [5, 5.41) is 0. The molecule has 0 amide bonds. The van der Waals surface area contributed by atoms with E-state index in [-0.39, 0.29) is 0 Å². The van der Waals surface area contributed by atoms with Crippen LogP contribution in [-0.2, 0) is 0 Å². The van der Waals surface area contributed by atoms with Gasteiger partial charge in [-0.15, -0.1) is 11.8 Å². The number of nitrogens with zero attached hydrogens (tertiary/aromatic N) is 4. The molecule has 0 saturated carbocycles. The number of hydrogen-bond acceptors (Lipinski definition) is 2. The standard InChI is InChI=1S/C16H18N4S2.C2H6/c1-19(2)17-14-10-6-8-12-16(14)22-20(3)18-13-9-5-7-11-15(13)21-4;1-2/h5-12H,1,3H2,2,4H3;1-2H3. The summed E-state index contributed by atoms with van der Waals surface area (Å²) < 4.78 is 3.14. The highest BCUT2D eigenvalue weighted by Gasteiger charge is 2.04. The Labute approximate surface area is 153 Å². The average molecular weight is 361 g/mol. The van der Waals surface area contributed by atoms with Crippen LogP contribution in [0, 0.1) is 0 Å². The molecule has 24 heavy (non-hydrogen) atoms. The lowest BCUT2D eigenvalue weighted by Gasteiger charge is -2.20. The third-order valence-electron chi connectivity index (χ3n) is 2.65. The second-order valence-electron chi connectivity index (χ2n) is 4.44. The molecular formula is C18H24N4S2. The summed E-state index contributed by atoms with van der Waals surface area (Å²) in [5.74, 6) is 0. The van der Waals surface area contributed by atoms with Gasteiger partial charge < -0.3 is 10.9 Å². The molecule has 0 spiro atoms. The molecule has 0 aliphatic heterocycles. The minimum atomic E-state index is 0.840. The molecule has 0 saturated heterocycles. The first-order valence-electron chi connectivity index (χ1n) is 7.58. The molecule has 0 radical (unpaired) electrons. The van der Waals surface area contributed by atoms with Crippen molar-refractivity contribution >= 4 is 48.5 Å². The van der Waals surface area contributed by atoms with E-state index in [0.29, 0.717) is 0 Å². The summed E-state index contributed by atoms with van der Waals surface area (Å²) in [7, 11) is 1.79. The van der Waals surface area contributed by atoms with Gasteiger partial charge in [0.2, 0.25) is 0 Å². The fourth-order valence-electron chi connectivity index (χ4n) is 1.77. The maximum Gasteiger partial charge on any atom is 0.190 e. The van der Waals surface area contributed by atoms with E-state index in [1.165, 1.54) is 16.6 Å². The summed E-state index contributed by atoms with van der Waals surface area (Å²) in [5.41, 5.74) is 10.6. The Morgan fingerprint density at radius 3 is 1.88 bits per heavy atom. The summed E-state index contributed by atoms with van der Waals surface area (Å²) in [6.07, 6.45) is 2.03. The smallest absolute Gasteiger partial charge is 0.190 e. The number of hydrogen-bond donors (Lipinski definition) is 0. The highest BCUT2D eigenvalue weighted by Crippen LogP contribution is 2.37. The Bertz CT molecular complexity index is 686. The van der Waals surface area contributed by atoms with Gasteiger partial charge in [0.05, 0.1) is 4.90 Å². The quantitative estimate of drug-likeness (QED) is 0.198. The first kappa shape index (κ1) is 20.1. The Hall–Kier alpha value is -1.92. The first-order valence-corrected chi connectivity index (χ1v) is 9.58. The van der Waals surface area contributed by atoms with Gasteiger partial charge in [-0.25, -0.2) is 4.09 Å². The van der Waals surface area contributed by atoms with Crippen LogP contribution in [0.4, 0.5) is 11.4 Å². The van der Waals surface area contributed by atoms with Crippen LogP contribution < -0.4 is 0 Å². The number of benzene rings is 2. The van der Waals surface area contributed by atoms with Crippen molar-refractivity contribution in [3.05, 3.63) is 59.4 Å². The topological polar surface area (TPSA) is 34.2 Å². The normalized spacial score (nSPS) is 9.50. The lowest BCUT2D eigenvalue weighted by atomic mass is 10.3. The van der Waals surface area contributed by atoms with Crippen LogP contribution >= 0.6 is 23.7 Å². The molecule has 2 rings (SSSR count). The van der Waals surface area contributed by atoms with Gasteiger partial charge in [0.1, 0.15) is 20.5 Å². The van der Waals surface area contributed by atoms with Crippen LogP contribution in [0.1, 0.15) is 13.8 Å². The minimum Gasteiger partial charge on any atom is -0.410 e. The Kier molecular flexibility index (Phi) is 9.04. The van der Waals surface area contributed by atoms with E-state index < -0.39 is 0 Å². The molecule has 0 aliphatic carbocycles. The van der Waals surface area contributed by atoms with E-state index in [0.717, 1.165) is 21.2 Å².